The minimum atomic E-state index is -1.49. The number of hydrogen-bond donors (Lipinski definition) is 7. The van der Waals surface area contributed by atoms with Gasteiger partial charge in [0.1, 0.15) is 36.0 Å². The SMILES string of the molecule is CNC(=O)[C@@H](NC(=O)C(CC(C)C)C(OCCN(CCOc1ccc(Cc2sc(=O)[nH]c2O)cc1)C(=O)C1(C)CCc2c(C)c(O)c(C)c(C)c2O1)C(=O)NO)C(C)(C)C. The normalized spacial score (nSPS) is 16.5. The number of likely N-dealkylation sites (N-methyl/N-ethyl adjacent to an activating group) is 1. The average molecular weight is 856 g/mol. The van der Waals surface area contributed by atoms with E-state index in [0.29, 0.717) is 46.8 Å². The maximum atomic E-state index is 14.6. The first-order valence-electron chi connectivity index (χ1n) is 20.1. The highest BCUT2D eigenvalue weighted by molar-refractivity contribution is 7.09. The summed E-state index contributed by atoms with van der Waals surface area (Å²) in [5, 5.41) is 35.9. The number of hydroxylamine groups is 1. The molecule has 4 atom stereocenters. The second kappa shape index (κ2) is 20.0. The van der Waals surface area contributed by atoms with Crippen molar-refractivity contribution >= 4 is 35.0 Å². The second-order valence-corrected chi connectivity index (χ2v) is 18.1. The maximum absolute atomic E-state index is 14.6. The van der Waals surface area contributed by atoms with Crippen LogP contribution in [0.4, 0.5) is 0 Å². The van der Waals surface area contributed by atoms with Crippen LogP contribution in [0.2, 0.25) is 0 Å². The Labute approximate surface area is 355 Å². The van der Waals surface area contributed by atoms with Crippen molar-refractivity contribution in [2.75, 3.05) is 33.4 Å². The van der Waals surface area contributed by atoms with Gasteiger partial charge in [-0.2, -0.15) is 0 Å². The number of phenolic OH excluding ortho intramolecular Hbond substituents is 1. The van der Waals surface area contributed by atoms with Gasteiger partial charge in [-0.25, -0.2) is 5.48 Å². The lowest BCUT2D eigenvalue weighted by Gasteiger charge is -2.40. The van der Waals surface area contributed by atoms with Crippen LogP contribution < -0.4 is 30.5 Å². The molecule has 16 nitrogen and oxygen atoms in total. The molecule has 17 heteroatoms. The molecule has 330 valence electrons. The summed E-state index contributed by atoms with van der Waals surface area (Å²) in [4.78, 5) is 70.2. The molecule has 3 aromatic rings. The zero-order valence-electron chi connectivity index (χ0n) is 36.2. The fourth-order valence-electron chi connectivity index (χ4n) is 7.36. The largest absolute Gasteiger partial charge is 0.507 e. The molecule has 1 aliphatic rings. The van der Waals surface area contributed by atoms with Gasteiger partial charge in [-0.3, -0.25) is 34.2 Å². The van der Waals surface area contributed by atoms with Crippen LogP contribution in [-0.2, 0) is 36.8 Å². The molecular formula is C43H61N5O11S. The average Bonchev–Trinajstić information content (AvgIpc) is 3.52. The Kier molecular flexibility index (Phi) is 15.8. The Bertz CT molecular complexity index is 2070. The third kappa shape index (κ3) is 11.4. The standard InChI is InChI=1S/C43H61N5O11S/c1-23(2)21-30(36(50)45-35(39(53)44-10)42(6,7)8)34(38(52)47-56)58-20-18-48(17-19-57-28-13-11-27(12-14-28)22-31-37(51)46-41(55)60-31)40(54)43(9)16-15-29-26(5)32(49)24(3)25(4)33(29)59-43/h11-14,23,30,34-35,49,51,56H,15-22H2,1-10H3,(H,44,53)(H,45,50)(H,46,55)(H,47,52)/t30?,34?,35-,43?/m1/s1. The summed E-state index contributed by atoms with van der Waals surface area (Å²) in [6, 6.07) is 6.17. The maximum Gasteiger partial charge on any atom is 0.307 e. The summed E-state index contributed by atoms with van der Waals surface area (Å²) in [6.07, 6.45) is -0.191. The molecule has 2 heterocycles. The first kappa shape index (κ1) is 47.5. The van der Waals surface area contributed by atoms with Crippen LogP contribution >= 0.6 is 11.3 Å². The molecular weight excluding hydrogens is 795 g/mol. The van der Waals surface area contributed by atoms with E-state index >= 15 is 0 Å². The number of ether oxygens (including phenoxy) is 3. The van der Waals surface area contributed by atoms with E-state index in [2.05, 4.69) is 15.6 Å². The lowest BCUT2D eigenvalue weighted by molar-refractivity contribution is -0.155. The van der Waals surface area contributed by atoms with E-state index in [1.165, 1.54) is 11.9 Å². The summed E-state index contributed by atoms with van der Waals surface area (Å²) in [6.45, 7) is 16.1. The number of benzene rings is 2. The molecule has 1 aromatic heterocycles. The first-order valence-corrected chi connectivity index (χ1v) is 20.9. The summed E-state index contributed by atoms with van der Waals surface area (Å²) in [5.74, 6) is -2.47. The van der Waals surface area contributed by atoms with Gasteiger partial charge in [0.2, 0.25) is 17.7 Å². The Balaban J connectivity index is 1.57. The van der Waals surface area contributed by atoms with Gasteiger partial charge in [0, 0.05) is 32.0 Å². The molecule has 0 saturated heterocycles. The number of nitrogens with zero attached hydrogens (tertiary/aromatic N) is 1. The molecule has 60 heavy (non-hydrogen) atoms. The van der Waals surface area contributed by atoms with Crippen LogP contribution in [0, 0.1) is 38.0 Å². The third-order valence-electron chi connectivity index (χ3n) is 11.0. The van der Waals surface area contributed by atoms with Crippen LogP contribution in [0.25, 0.3) is 0 Å². The minimum Gasteiger partial charge on any atom is -0.507 e. The van der Waals surface area contributed by atoms with Crippen molar-refractivity contribution < 1.29 is 48.8 Å². The van der Waals surface area contributed by atoms with Gasteiger partial charge in [-0.1, -0.05) is 58.1 Å². The fourth-order valence-corrected chi connectivity index (χ4v) is 8.11. The number of rotatable bonds is 18. The van der Waals surface area contributed by atoms with Crippen molar-refractivity contribution in [3.63, 3.8) is 0 Å². The van der Waals surface area contributed by atoms with Crippen molar-refractivity contribution in [1.82, 2.24) is 26.0 Å². The molecule has 0 saturated carbocycles. The van der Waals surface area contributed by atoms with Crippen molar-refractivity contribution in [3.8, 4) is 23.1 Å². The van der Waals surface area contributed by atoms with Crippen LogP contribution in [0.5, 0.6) is 23.1 Å². The van der Waals surface area contributed by atoms with Crippen LogP contribution in [0.15, 0.2) is 29.1 Å². The number of thiazole rings is 1. The number of nitrogens with one attached hydrogen (secondary N) is 4. The van der Waals surface area contributed by atoms with E-state index in [1.807, 2.05) is 39.8 Å². The zero-order chi connectivity index (χ0) is 44.7. The third-order valence-corrected chi connectivity index (χ3v) is 11.9. The number of H-pyrrole nitrogens is 1. The van der Waals surface area contributed by atoms with E-state index in [1.54, 1.807) is 52.2 Å². The van der Waals surface area contributed by atoms with Crippen molar-refractivity contribution in [2.24, 2.45) is 17.3 Å². The quantitative estimate of drug-likeness (QED) is 0.0709. The molecule has 3 unspecified atom stereocenters. The van der Waals surface area contributed by atoms with Crippen LogP contribution in [0.1, 0.15) is 87.1 Å². The highest BCUT2D eigenvalue weighted by Gasteiger charge is 2.44. The number of amides is 4. The van der Waals surface area contributed by atoms with Gasteiger partial charge in [0.05, 0.1) is 23.9 Å². The molecule has 7 N–H and O–H groups in total. The topological polar surface area (TPSA) is 229 Å². The highest BCUT2D eigenvalue weighted by atomic mass is 32.1. The molecule has 0 spiro atoms. The number of phenols is 1. The predicted molar refractivity (Wildman–Crippen MR) is 226 cm³/mol. The van der Waals surface area contributed by atoms with E-state index in [4.69, 9.17) is 14.2 Å². The molecule has 4 amide bonds. The predicted octanol–water partition coefficient (Wildman–Crippen LogP) is 4.18. The Morgan fingerprint density at radius 3 is 2.20 bits per heavy atom. The number of fused-ring (bicyclic) bond motifs is 1. The van der Waals surface area contributed by atoms with Crippen molar-refractivity contribution in [2.45, 2.75) is 106 Å². The van der Waals surface area contributed by atoms with Gasteiger partial charge in [-0.05, 0) is 86.3 Å². The van der Waals surface area contributed by atoms with Crippen molar-refractivity contribution in [1.29, 1.82) is 0 Å². The number of aromatic nitrogens is 1. The zero-order valence-corrected chi connectivity index (χ0v) is 37.1. The van der Waals surface area contributed by atoms with Gasteiger partial charge >= 0.3 is 4.87 Å². The van der Waals surface area contributed by atoms with Crippen LogP contribution in [-0.4, -0.2) is 100 Å². The van der Waals surface area contributed by atoms with Gasteiger partial charge in [0.15, 0.2) is 5.60 Å². The number of aromatic amines is 1. The van der Waals surface area contributed by atoms with Gasteiger partial charge in [-0.15, -0.1) is 0 Å². The second-order valence-electron chi connectivity index (χ2n) is 17.0. The summed E-state index contributed by atoms with van der Waals surface area (Å²) < 4.78 is 18.7. The Morgan fingerprint density at radius 1 is 0.983 bits per heavy atom. The molecule has 2 aromatic carbocycles. The summed E-state index contributed by atoms with van der Waals surface area (Å²) in [5.41, 5.74) is 3.38. The molecule has 0 fully saturated rings. The molecule has 0 bridgehead atoms. The minimum absolute atomic E-state index is 0.0513. The Hall–Kier alpha value is -5.13. The highest BCUT2D eigenvalue weighted by Crippen LogP contribution is 2.43. The number of aromatic hydroxyl groups is 2. The van der Waals surface area contributed by atoms with Crippen molar-refractivity contribution in [3.05, 3.63) is 66.6 Å². The molecule has 0 radical (unpaired) electrons. The number of hydrogen-bond acceptors (Lipinski definition) is 12. The Morgan fingerprint density at radius 2 is 1.63 bits per heavy atom. The van der Waals surface area contributed by atoms with E-state index in [0.717, 1.165) is 28.0 Å². The first-order chi connectivity index (χ1) is 28.1. The lowest BCUT2D eigenvalue weighted by Crippen LogP contribution is -2.57. The van der Waals surface area contributed by atoms with E-state index < -0.39 is 46.8 Å². The molecule has 4 rings (SSSR count). The summed E-state index contributed by atoms with van der Waals surface area (Å²) in [7, 11) is 1.47. The van der Waals surface area contributed by atoms with Gasteiger partial charge in [0.25, 0.3) is 11.8 Å². The number of carbonyl (C=O) groups is 4. The number of carbonyl (C=O) groups excluding carboxylic acids is 4. The molecule has 0 aliphatic carbocycles. The van der Waals surface area contributed by atoms with Crippen LogP contribution in [0.3, 0.4) is 0 Å². The fraction of sp³-hybridized carbons (Fsp3) is 0.558. The smallest absolute Gasteiger partial charge is 0.307 e. The monoisotopic (exact) mass is 855 g/mol. The lowest BCUT2D eigenvalue weighted by atomic mass is 9.84. The molecule has 1 aliphatic heterocycles. The van der Waals surface area contributed by atoms with Gasteiger partial charge < -0.3 is 40.0 Å². The van der Waals surface area contributed by atoms with E-state index in [9.17, 15) is 39.4 Å². The van der Waals surface area contributed by atoms with E-state index in [-0.39, 0.29) is 61.1 Å². The summed E-state index contributed by atoms with van der Waals surface area (Å²) >= 11 is 0.934.